The molecular weight excluding hydrogens is 889 g/mol. The molecule has 5 aliphatic rings. The van der Waals surface area contributed by atoms with Crippen molar-refractivity contribution >= 4 is 35.4 Å². The van der Waals surface area contributed by atoms with Gasteiger partial charge in [-0.25, -0.2) is 0 Å². The molecule has 2 aliphatic heterocycles. The maximum Gasteiger partial charge on any atom is 0.253 e. The van der Waals surface area contributed by atoms with Gasteiger partial charge in [-0.05, 0) is 66.6 Å². The molecule has 2 saturated heterocycles. The van der Waals surface area contributed by atoms with Crippen molar-refractivity contribution in [3.8, 4) is 0 Å². The van der Waals surface area contributed by atoms with E-state index in [2.05, 4.69) is 64.6 Å². The van der Waals surface area contributed by atoms with Crippen molar-refractivity contribution in [3.63, 3.8) is 0 Å². The Hall–Kier alpha value is -6.30. The fraction of sp³-hybridized carbons (Fsp3) is 0.492. The van der Waals surface area contributed by atoms with Gasteiger partial charge in [-0.2, -0.15) is 0 Å². The van der Waals surface area contributed by atoms with Gasteiger partial charge >= 0.3 is 0 Å². The maximum absolute atomic E-state index is 14.2. The van der Waals surface area contributed by atoms with E-state index < -0.39 is 23.7 Å². The SMILES string of the molecule is CCCCCCCCCCCCNC(=O)C1CN(C(=O)c2ccc(C(=O)N3CC(C(=O)N[C@@H]4C[C@@H]4c4ccccc4)C(C(=O)N[C@@H]4C[C@@H]4c4ccccc4)C3)cc2)CC1C(=O)N[C@@H]1C[C@@H]1c1ccccc1. The first-order valence-corrected chi connectivity index (χ1v) is 26.7. The molecule has 2 heterocycles. The Balaban J connectivity index is 0.818. The topological polar surface area (TPSA) is 157 Å². The lowest BCUT2D eigenvalue weighted by molar-refractivity contribution is -0.133. The van der Waals surface area contributed by atoms with E-state index in [1.165, 1.54) is 61.6 Å². The van der Waals surface area contributed by atoms with Crippen molar-refractivity contribution in [1.82, 2.24) is 31.1 Å². The van der Waals surface area contributed by atoms with E-state index in [0.29, 0.717) is 17.7 Å². The Labute approximate surface area is 419 Å². The van der Waals surface area contributed by atoms with Crippen LogP contribution >= 0.6 is 0 Å². The monoisotopic (exact) mass is 961 g/mol. The van der Waals surface area contributed by atoms with Crippen LogP contribution in [-0.4, -0.2) is 96.1 Å². The summed E-state index contributed by atoms with van der Waals surface area (Å²) in [6.07, 6.45) is 14.4. The zero-order valence-corrected chi connectivity index (χ0v) is 41.3. The van der Waals surface area contributed by atoms with Gasteiger partial charge in [0.05, 0.1) is 23.7 Å². The molecule has 0 radical (unpaired) electrons. The zero-order chi connectivity index (χ0) is 49.3. The summed E-state index contributed by atoms with van der Waals surface area (Å²) in [6.45, 7) is 3.15. The molecule has 5 fully saturated rings. The van der Waals surface area contributed by atoms with E-state index in [4.69, 9.17) is 0 Å². The molecule has 0 bridgehead atoms. The molecule has 0 aromatic heterocycles. The number of rotatable bonds is 23. The minimum Gasteiger partial charge on any atom is -0.356 e. The Morgan fingerprint density at radius 1 is 0.408 bits per heavy atom. The second kappa shape index (κ2) is 23.3. The smallest absolute Gasteiger partial charge is 0.253 e. The second-order valence-electron chi connectivity index (χ2n) is 21.0. The van der Waals surface area contributed by atoms with Crippen molar-refractivity contribution in [2.75, 3.05) is 32.7 Å². The Kier molecular flexibility index (Phi) is 16.3. The van der Waals surface area contributed by atoms with E-state index in [1.807, 2.05) is 54.6 Å². The Bertz CT molecular complexity index is 2390. The highest BCUT2D eigenvalue weighted by atomic mass is 16.2. The van der Waals surface area contributed by atoms with Crippen LogP contribution in [0.2, 0.25) is 0 Å². The van der Waals surface area contributed by atoms with E-state index in [-0.39, 0.29) is 97.5 Å². The number of hydrogen-bond donors (Lipinski definition) is 4. The lowest BCUT2D eigenvalue weighted by Gasteiger charge is -2.18. The predicted molar refractivity (Wildman–Crippen MR) is 274 cm³/mol. The standard InChI is InChI=1S/C59H72N6O6/c1-2-3-4-5-6-7-8-9-10-20-31-60-54(66)47-35-64(36-48(47)55(67)61-51-32-44(51)39-21-14-11-15-22-39)58(70)42-27-29-43(30-28-42)59(71)65-37-49(56(68)62-52-33-45(52)40-23-16-12-17-24-40)50(38-65)57(69)63-53-34-46(53)41-25-18-13-19-26-41/h11-19,21-30,44-53H,2-10,20,31-38H2,1H3,(H,60,66)(H,61,67)(H,62,68)(H,63,69)/t44-,45-,46-,47?,48?,49?,50?,51-,52-,53-/m1/s1. The summed E-state index contributed by atoms with van der Waals surface area (Å²) in [6, 6.07) is 36.6. The molecule has 4 unspecified atom stereocenters. The van der Waals surface area contributed by atoms with E-state index >= 15 is 0 Å². The van der Waals surface area contributed by atoms with E-state index in [1.54, 1.807) is 34.1 Å². The van der Waals surface area contributed by atoms with E-state index in [9.17, 15) is 28.8 Å². The summed E-state index contributed by atoms with van der Waals surface area (Å²) >= 11 is 0. The number of nitrogens with one attached hydrogen (secondary N) is 4. The largest absolute Gasteiger partial charge is 0.356 e. The molecule has 12 heteroatoms. The van der Waals surface area contributed by atoms with Crippen LogP contribution in [0.5, 0.6) is 0 Å². The average molecular weight is 961 g/mol. The van der Waals surface area contributed by atoms with Crippen LogP contribution in [0.1, 0.15) is 146 Å². The normalized spacial score (nSPS) is 26.0. The lowest BCUT2D eigenvalue weighted by Crippen LogP contribution is -2.43. The number of amides is 6. The first-order chi connectivity index (χ1) is 34.7. The third-order valence-electron chi connectivity index (χ3n) is 15.8. The van der Waals surface area contributed by atoms with Gasteiger partial charge in [-0.3, -0.25) is 28.8 Å². The molecule has 374 valence electrons. The van der Waals surface area contributed by atoms with Crippen LogP contribution in [0.3, 0.4) is 0 Å². The van der Waals surface area contributed by atoms with Gasteiger partial charge in [0.25, 0.3) is 11.8 Å². The molecule has 4 aromatic rings. The first kappa shape index (κ1) is 49.7. The number of hydrogen-bond acceptors (Lipinski definition) is 6. The van der Waals surface area contributed by atoms with Crippen molar-refractivity contribution in [2.45, 2.75) is 126 Å². The first-order valence-electron chi connectivity index (χ1n) is 26.7. The highest BCUT2D eigenvalue weighted by molar-refractivity contribution is 6.00. The minimum absolute atomic E-state index is 0.0181. The van der Waals surface area contributed by atoms with Gasteiger partial charge < -0.3 is 31.1 Å². The van der Waals surface area contributed by atoms with Crippen LogP contribution in [-0.2, 0) is 19.2 Å². The number of likely N-dealkylation sites (tertiary alicyclic amines) is 2. The molecule has 3 saturated carbocycles. The summed E-state index contributed by atoms with van der Waals surface area (Å²) in [5.74, 6) is -3.73. The van der Waals surface area contributed by atoms with Crippen LogP contribution in [0.15, 0.2) is 115 Å². The summed E-state index contributed by atoms with van der Waals surface area (Å²) in [4.78, 5) is 87.3. The summed E-state index contributed by atoms with van der Waals surface area (Å²) in [5.41, 5.74) is 4.17. The minimum atomic E-state index is -0.727. The molecule has 71 heavy (non-hydrogen) atoms. The Morgan fingerprint density at radius 3 is 1.06 bits per heavy atom. The van der Waals surface area contributed by atoms with Crippen molar-refractivity contribution in [3.05, 3.63) is 143 Å². The number of carbonyl (C=O) groups is 6. The van der Waals surface area contributed by atoms with Crippen LogP contribution in [0.4, 0.5) is 0 Å². The highest BCUT2D eigenvalue weighted by Gasteiger charge is 2.50. The fourth-order valence-corrected chi connectivity index (χ4v) is 11.2. The third kappa shape index (κ3) is 12.6. The summed E-state index contributed by atoms with van der Waals surface area (Å²) in [7, 11) is 0. The summed E-state index contributed by atoms with van der Waals surface area (Å²) < 4.78 is 0. The van der Waals surface area contributed by atoms with E-state index in [0.717, 1.165) is 38.5 Å². The molecule has 3 aliphatic carbocycles. The molecule has 12 nitrogen and oxygen atoms in total. The molecule has 4 aromatic carbocycles. The molecule has 6 amide bonds. The fourth-order valence-electron chi connectivity index (χ4n) is 11.2. The van der Waals surface area contributed by atoms with Gasteiger partial charge in [0.1, 0.15) is 0 Å². The summed E-state index contributed by atoms with van der Waals surface area (Å²) in [5, 5.41) is 12.7. The van der Waals surface area contributed by atoms with Crippen LogP contribution in [0.25, 0.3) is 0 Å². The van der Waals surface area contributed by atoms with Crippen molar-refractivity contribution in [2.24, 2.45) is 23.7 Å². The average Bonchev–Trinajstić information content (AvgIpc) is 4.37. The maximum atomic E-state index is 14.2. The lowest BCUT2D eigenvalue weighted by atomic mass is 9.94. The molecule has 4 N–H and O–H groups in total. The van der Waals surface area contributed by atoms with Gasteiger partial charge in [-0.15, -0.1) is 0 Å². The molecule has 0 spiro atoms. The second-order valence-corrected chi connectivity index (χ2v) is 21.0. The number of nitrogens with zero attached hydrogens (tertiary/aromatic N) is 2. The quantitative estimate of drug-likeness (QED) is 0.0551. The predicted octanol–water partition coefficient (Wildman–Crippen LogP) is 8.12. The molecule has 10 atom stereocenters. The van der Waals surface area contributed by atoms with Gasteiger partial charge in [0.15, 0.2) is 0 Å². The molecule has 9 rings (SSSR count). The van der Waals surface area contributed by atoms with Crippen molar-refractivity contribution < 1.29 is 28.8 Å². The number of unbranched alkanes of at least 4 members (excludes halogenated alkanes) is 9. The van der Waals surface area contributed by atoms with Gasteiger partial charge in [0.2, 0.25) is 23.6 Å². The zero-order valence-electron chi connectivity index (χ0n) is 41.3. The van der Waals surface area contributed by atoms with Crippen LogP contribution in [0, 0.1) is 23.7 Å². The van der Waals surface area contributed by atoms with Gasteiger partial charge in [-0.1, -0.05) is 156 Å². The number of carbonyl (C=O) groups excluding carboxylic acids is 6. The third-order valence-corrected chi connectivity index (χ3v) is 15.8. The van der Waals surface area contributed by atoms with Crippen molar-refractivity contribution in [1.29, 1.82) is 0 Å². The van der Waals surface area contributed by atoms with Gasteiger partial charge in [0, 0.05) is 79.7 Å². The molecular formula is C59H72N6O6. The van der Waals surface area contributed by atoms with Crippen LogP contribution < -0.4 is 21.3 Å². The Morgan fingerprint density at radius 2 is 0.718 bits per heavy atom. The highest BCUT2D eigenvalue weighted by Crippen LogP contribution is 2.43. The number of benzene rings is 4.